The maximum Gasteiger partial charge on any atom is 0.270 e. The minimum absolute atomic E-state index is 0.108. The highest BCUT2D eigenvalue weighted by Gasteiger charge is 2.26. The van der Waals surface area contributed by atoms with Crippen molar-refractivity contribution in [2.45, 2.75) is 13.5 Å². The molecule has 4 aromatic rings. The van der Waals surface area contributed by atoms with Crippen molar-refractivity contribution >= 4 is 33.3 Å². The Labute approximate surface area is 180 Å². The summed E-state index contributed by atoms with van der Waals surface area (Å²) in [5.74, 6) is 0.108. The van der Waals surface area contributed by atoms with Gasteiger partial charge in [-0.1, -0.05) is 48.5 Å². The quantitative estimate of drug-likeness (QED) is 0.495. The standard InChI is InChI=1S/C24H24N4OS/c1-18-17-30-24(25-18)27-13-11-26(12-14-27)23(29)22-15-20-9-5-6-10-21(20)28(22)16-19-7-3-2-4-8-19/h2-10,15,17H,11-14,16H2,1H3. The molecule has 1 amide bonds. The Bertz CT molecular complexity index is 1170. The first kappa shape index (κ1) is 18.9. The SMILES string of the molecule is Cc1csc(N2CCN(C(=O)c3cc4ccccc4n3Cc3ccccc3)CC2)n1. The van der Waals surface area contributed by atoms with Crippen molar-refractivity contribution in [3.05, 3.63) is 83.0 Å². The van der Waals surface area contributed by atoms with Crippen LogP contribution in [0.2, 0.25) is 0 Å². The highest BCUT2D eigenvalue weighted by Crippen LogP contribution is 2.25. The molecule has 2 aromatic heterocycles. The molecule has 1 aliphatic heterocycles. The van der Waals surface area contributed by atoms with Gasteiger partial charge < -0.3 is 14.4 Å². The molecule has 1 aliphatic rings. The summed E-state index contributed by atoms with van der Waals surface area (Å²) in [7, 11) is 0. The van der Waals surface area contributed by atoms with E-state index in [1.807, 2.05) is 48.2 Å². The van der Waals surface area contributed by atoms with Crippen molar-refractivity contribution in [3.63, 3.8) is 0 Å². The molecule has 0 unspecified atom stereocenters. The fourth-order valence-corrected chi connectivity index (χ4v) is 4.93. The zero-order valence-corrected chi connectivity index (χ0v) is 17.8. The van der Waals surface area contributed by atoms with Crippen molar-refractivity contribution in [1.82, 2.24) is 14.5 Å². The molecule has 0 N–H and O–H groups in total. The fourth-order valence-electron chi connectivity index (χ4n) is 4.07. The number of aromatic nitrogens is 2. The number of anilines is 1. The second kappa shape index (κ2) is 7.95. The van der Waals surface area contributed by atoms with Crippen LogP contribution in [0, 0.1) is 6.92 Å². The highest BCUT2D eigenvalue weighted by atomic mass is 32.1. The molecule has 1 saturated heterocycles. The molecule has 0 aliphatic carbocycles. The molecule has 30 heavy (non-hydrogen) atoms. The number of nitrogens with zero attached hydrogens (tertiary/aromatic N) is 4. The molecule has 0 atom stereocenters. The van der Waals surface area contributed by atoms with Crippen molar-refractivity contribution in [2.24, 2.45) is 0 Å². The third-order valence-electron chi connectivity index (χ3n) is 5.66. The summed E-state index contributed by atoms with van der Waals surface area (Å²) in [6.07, 6.45) is 0. The third kappa shape index (κ3) is 3.59. The zero-order chi connectivity index (χ0) is 20.5. The van der Waals surface area contributed by atoms with Crippen LogP contribution in [0.1, 0.15) is 21.7 Å². The van der Waals surface area contributed by atoms with Crippen LogP contribution < -0.4 is 4.90 Å². The smallest absolute Gasteiger partial charge is 0.270 e. The Morgan fingerprint density at radius 1 is 1.00 bits per heavy atom. The molecule has 1 fully saturated rings. The topological polar surface area (TPSA) is 41.4 Å². The van der Waals surface area contributed by atoms with Crippen LogP contribution >= 0.6 is 11.3 Å². The molecule has 2 aromatic carbocycles. The molecular weight excluding hydrogens is 392 g/mol. The lowest BCUT2D eigenvalue weighted by molar-refractivity contribution is 0.0737. The largest absolute Gasteiger partial charge is 0.345 e. The molecule has 0 spiro atoms. The van der Waals surface area contributed by atoms with Crippen LogP contribution in [-0.4, -0.2) is 46.5 Å². The fraction of sp³-hybridized carbons (Fsp3) is 0.250. The molecular formula is C24H24N4OS. The first-order valence-electron chi connectivity index (χ1n) is 10.3. The molecule has 152 valence electrons. The predicted octanol–water partition coefficient (Wildman–Crippen LogP) is 4.42. The zero-order valence-electron chi connectivity index (χ0n) is 17.0. The van der Waals surface area contributed by atoms with Crippen LogP contribution in [0.5, 0.6) is 0 Å². The average molecular weight is 417 g/mol. The van der Waals surface area contributed by atoms with Crippen LogP contribution in [0.4, 0.5) is 5.13 Å². The van der Waals surface area contributed by atoms with Gasteiger partial charge in [-0.3, -0.25) is 4.79 Å². The Kier molecular flexibility index (Phi) is 5.01. The lowest BCUT2D eigenvalue weighted by Crippen LogP contribution is -2.49. The van der Waals surface area contributed by atoms with E-state index < -0.39 is 0 Å². The average Bonchev–Trinajstić information content (AvgIpc) is 3.38. The molecule has 3 heterocycles. The van der Waals surface area contributed by atoms with E-state index in [-0.39, 0.29) is 5.91 Å². The van der Waals surface area contributed by atoms with Gasteiger partial charge >= 0.3 is 0 Å². The monoisotopic (exact) mass is 416 g/mol. The van der Waals surface area contributed by atoms with E-state index in [1.54, 1.807) is 11.3 Å². The van der Waals surface area contributed by atoms with Crippen LogP contribution in [0.3, 0.4) is 0 Å². The number of para-hydroxylation sites is 1. The van der Waals surface area contributed by atoms with E-state index in [9.17, 15) is 4.79 Å². The summed E-state index contributed by atoms with van der Waals surface area (Å²) in [6, 6.07) is 20.6. The molecule has 5 nitrogen and oxygen atoms in total. The van der Waals surface area contributed by atoms with E-state index in [0.717, 1.165) is 40.5 Å². The Hall–Kier alpha value is -3.12. The lowest BCUT2D eigenvalue weighted by atomic mass is 10.2. The van der Waals surface area contributed by atoms with E-state index in [0.29, 0.717) is 19.6 Å². The van der Waals surface area contributed by atoms with Crippen molar-refractivity contribution < 1.29 is 4.79 Å². The number of carbonyl (C=O) groups excluding carboxylic acids is 1. The molecule has 6 heteroatoms. The van der Waals surface area contributed by atoms with E-state index in [4.69, 9.17) is 0 Å². The number of aryl methyl sites for hydroxylation is 1. The van der Waals surface area contributed by atoms with Crippen molar-refractivity contribution in [2.75, 3.05) is 31.1 Å². The van der Waals surface area contributed by atoms with Crippen molar-refractivity contribution in [3.8, 4) is 0 Å². The van der Waals surface area contributed by atoms with Gasteiger partial charge in [0.15, 0.2) is 5.13 Å². The van der Waals surface area contributed by atoms with Gasteiger partial charge in [-0.2, -0.15) is 0 Å². The molecule has 0 radical (unpaired) electrons. The summed E-state index contributed by atoms with van der Waals surface area (Å²) < 4.78 is 2.16. The maximum atomic E-state index is 13.5. The second-order valence-electron chi connectivity index (χ2n) is 7.71. The van der Waals surface area contributed by atoms with Gasteiger partial charge in [0.2, 0.25) is 0 Å². The van der Waals surface area contributed by atoms with Gasteiger partial charge in [0.1, 0.15) is 5.69 Å². The number of amides is 1. The van der Waals surface area contributed by atoms with Gasteiger partial charge in [0, 0.05) is 49.0 Å². The number of hydrogen-bond donors (Lipinski definition) is 0. The van der Waals surface area contributed by atoms with Crippen LogP contribution in [0.25, 0.3) is 10.9 Å². The van der Waals surface area contributed by atoms with Gasteiger partial charge in [-0.05, 0) is 24.6 Å². The van der Waals surface area contributed by atoms with Crippen molar-refractivity contribution in [1.29, 1.82) is 0 Å². The maximum absolute atomic E-state index is 13.5. The predicted molar refractivity (Wildman–Crippen MR) is 122 cm³/mol. The number of fused-ring (bicyclic) bond motifs is 1. The molecule has 0 bridgehead atoms. The minimum atomic E-state index is 0.108. The summed E-state index contributed by atoms with van der Waals surface area (Å²) in [5, 5.41) is 4.24. The second-order valence-corrected chi connectivity index (χ2v) is 8.55. The van der Waals surface area contributed by atoms with E-state index in [1.165, 1.54) is 5.56 Å². The summed E-state index contributed by atoms with van der Waals surface area (Å²) in [6.45, 7) is 5.77. The minimum Gasteiger partial charge on any atom is -0.345 e. The summed E-state index contributed by atoms with van der Waals surface area (Å²) in [4.78, 5) is 22.3. The Morgan fingerprint density at radius 3 is 2.47 bits per heavy atom. The third-order valence-corrected chi connectivity index (χ3v) is 6.68. The van der Waals surface area contributed by atoms with Gasteiger partial charge in [0.25, 0.3) is 5.91 Å². The number of rotatable bonds is 4. The van der Waals surface area contributed by atoms with Crippen LogP contribution in [-0.2, 0) is 6.54 Å². The molecule has 5 rings (SSSR count). The number of carbonyl (C=O) groups is 1. The number of benzene rings is 2. The van der Waals surface area contributed by atoms with Gasteiger partial charge in [0.05, 0.1) is 5.69 Å². The first-order valence-corrected chi connectivity index (χ1v) is 11.2. The highest BCUT2D eigenvalue weighted by molar-refractivity contribution is 7.13. The summed E-state index contributed by atoms with van der Waals surface area (Å²) >= 11 is 1.68. The van der Waals surface area contributed by atoms with Crippen LogP contribution in [0.15, 0.2) is 66.0 Å². The normalized spacial score (nSPS) is 14.4. The number of thiazole rings is 1. The number of hydrogen-bond acceptors (Lipinski definition) is 4. The molecule has 0 saturated carbocycles. The van der Waals surface area contributed by atoms with Gasteiger partial charge in [-0.15, -0.1) is 11.3 Å². The Morgan fingerprint density at radius 2 is 1.73 bits per heavy atom. The Balaban J connectivity index is 1.40. The van der Waals surface area contributed by atoms with E-state index >= 15 is 0 Å². The van der Waals surface area contributed by atoms with Gasteiger partial charge in [-0.25, -0.2) is 4.98 Å². The summed E-state index contributed by atoms with van der Waals surface area (Å²) in [5.41, 5.74) is 4.11. The number of piperazine rings is 1. The first-order chi connectivity index (χ1) is 14.7. The van der Waals surface area contributed by atoms with E-state index in [2.05, 4.69) is 44.1 Å². The lowest BCUT2D eigenvalue weighted by Gasteiger charge is -2.34.